The van der Waals surface area contributed by atoms with Gasteiger partial charge in [0.1, 0.15) is 0 Å². The standard InChI is InChI=1S/C2H7ClNP/c1-4-5(2)3/h5H,1-2H3. The highest BCUT2D eigenvalue weighted by atomic mass is 35.7. The average Bonchev–Trinajstić information content (AvgIpc) is 1.38. The summed E-state index contributed by atoms with van der Waals surface area (Å²) in [5.74, 6) is 0. The maximum Gasteiger partial charge on any atom is 0.0400 e. The predicted octanol–water partition coefficient (Wildman–Crippen LogP) is 1.80. The van der Waals surface area contributed by atoms with Gasteiger partial charge in [-0.25, -0.2) is 0 Å². The molecule has 5 heavy (non-hydrogen) atoms. The predicted molar refractivity (Wildman–Crippen MR) is 28.4 cm³/mol. The van der Waals surface area contributed by atoms with Crippen molar-refractivity contribution in [1.29, 1.82) is 0 Å². The second-order valence-corrected chi connectivity index (χ2v) is 3.80. The van der Waals surface area contributed by atoms with E-state index in [0.29, 0.717) is 0 Å². The molecule has 0 heterocycles. The molecule has 0 fully saturated rings. The molecule has 0 aliphatic carbocycles. The summed E-state index contributed by atoms with van der Waals surface area (Å²) in [7, 11) is 0.961. The van der Waals surface area contributed by atoms with E-state index in [0.717, 1.165) is 0 Å². The van der Waals surface area contributed by atoms with Crippen molar-refractivity contribution in [3.8, 4) is 0 Å². The van der Waals surface area contributed by atoms with Crippen molar-refractivity contribution in [1.82, 2.24) is 0 Å². The molecule has 1 nitrogen and oxygen atoms in total. The molecule has 0 amide bonds. The molecule has 0 bridgehead atoms. The molecule has 3 heteroatoms. The second-order valence-electron chi connectivity index (χ2n) is 0.721. The van der Waals surface area contributed by atoms with Crippen molar-refractivity contribution in [3.63, 3.8) is 0 Å². The summed E-state index contributed by atoms with van der Waals surface area (Å²) in [4.78, 5) is 0. The summed E-state index contributed by atoms with van der Waals surface area (Å²) in [6, 6.07) is 0. The van der Waals surface area contributed by atoms with Gasteiger partial charge in [-0.15, -0.1) is 0 Å². The van der Waals surface area contributed by atoms with Crippen molar-refractivity contribution >= 4 is 18.3 Å². The molecule has 0 aliphatic rings. The Hall–Kier alpha value is 0.520. The summed E-state index contributed by atoms with van der Waals surface area (Å²) in [6.45, 7) is 1.92. The summed E-state index contributed by atoms with van der Waals surface area (Å²) in [6.07, 6.45) is 0. The number of hydrogen-bond acceptors (Lipinski definition) is 1. The highest BCUT2D eigenvalue weighted by Crippen LogP contribution is 2.23. The lowest BCUT2D eigenvalue weighted by atomic mass is 11.6. The number of hydrogen-bond donors (Lipinski definition) is 0. The largest absolute Gasteiger partial charge is 0.294 e. The van der Waals surface area contributed by atoms with E-state index in [1.165, 1.54) is 0 Å². The van der Waals surface area contributed by atoms with Gasteiger partial charge in [-0.1, -0.05) is 11.2 Å². The lowest BCUT2D eigenvalue weighted by Gasteiger charge is -1.73. The lowest BCUT2D eigenvalue weighted by Crippen LogP contribution is -1.33. The Bertz CT molecular complexity index is 47.6. The second kappa shape index (κ2) is 2.74. The third-order valence-electron chi connectivity index (χ3n) is 0.308. The van der Waals surface area contributed by atoms with Crippen molar-refractivity contribution in [2.45, 2.75) is 0 Å². The van der Waals surface area contributed by atoms with Gasteiger partial charge < -0.3 is 0 Å². The molecule has 1 unspecified atom stereocenters. The van der Waals surface area contributed by atoms with Crippen LogP contribution in [0.3, 0.4) is 0 Å². The zero-order valence-corrected chi connectivity index (χ0v) is 5.08. The van der Waals surface area contributed by atoms with Gasteiger partial charge in [-0.05, 0) is 6.66 Å². The molecule has 0 radical (unpaired) electrons. The molecular weight excluding hydrogens is 104 g/mol. The Morgan fingerprint density at radius 1 is 1.80 bits per heavy atom. The van der Waals surface area contributed by atoms with Crippen LogP contribution < -0.4 is 0 Å². The minimum absolute atomic E-state index is 0.777. The van der Waals surface area contributed by atoms with E-state index in [1.54, 1.807) is 7.05 Å². The average molecular weight is 112 g/mol. The molecule has 0 rings (SSSR count). The molecular formula is C2H7ClNP. The SMILES string of the molecule is CN=[PH](C)Cl. The van der Waals surface area contributed by atoms with Gasteiger partial charge in [0.05, 0.1) is 0 Å². The Balaban J connectivity index is 3.14. The van der Waals surface area contributed by atoms with Crippen LogP contribution in [-0.2, 0) is 0 Å². The zero-order valence-electron chi connectivity index (χ0n) is 3.33. The van der Waals surface area contributed by atoms with Crippen LogP contribution in [0.1, 0.15) is 0 Å². The molecule has 0 saturated heterocycles. The third kappa shape index (κ3) is 4.52. The van der Waals surface area contributed by atoms with Gasteiger partial charge in [0, 0.05) is 14.1 Å². The van der Waals surface area contributed by atoms with Crippen LogP contribution in [0.15, 0.2) is 4.74 Å². The minimum atomic E-state index is -0.777. The van der Waals surface area contributed by atoms with Crippen molar-refractivity contribution in [2.24, 2.45) is 4.74 Å². The van der Waals surface area contributed by atoms with Crippen LogP contribution in [0, 0.1) is 0 Å². The van der Waals surface area contributed by atoms with Gasteiger partial charge in [0.25, 0.3) is 0 Å². The minimum Gasteiger partial charge on any atom is -0.294 e. The molecule has 0 aromatic carbocycles. The van der Waals surface area contributed by atoms with Crippen molar-refractivity contribution < 1.29 is 0 Å². The van der Waals surface area contributed by atoms with Crippen LogP contribution in [0.5, 0.6) is 0 Å². The van der Waals surface area contributed by atoms with Crippen LogP contribution in [-0.4, -0.2) is 13.7 Å². The highest BCUT2D eigenvalue weighted by Gasteiger charge is 1.62. The molecule has 0 aromatic rings. The first-order valence-corrected chi connectivity index (χ1v) is 4.32. The first kappa shape index (κ1) is 5.52. The first-order valence-electron chi connectivity index (χ1n) is 1.36. The van der Waals surface area contributed by atoms with Gasteiger partial charge in [-0.3, -0.25) is 4.74 Å². The number of rotatable bonds is 0. The van der Waals surface area contributed by atoms with Gasteiger partial charge in [0.15, 0.2) is 0 Å². The van der Waals surface area contributed by atoms with Crippen LogP contribution in [0.25, 0.3) is 0 Å². The quantitative estimate of drug-likeness (QED) is 0.423. The molecule has 0 aliphatic heterocycles. The molecule has 0 N–H and O–H groups in total. The summed E-state index contributed by atoms with van der Waals surface area (Å²) >= 11 is 5.40. The Kier molecular flexibility index (Phi) is 3.03. The molecule has 0 saturated carbocycles. The summed E-state index contributed by atoms with van der Waals surface area (Å²) in [5, 5.41) is 0. The van der Waals surface area contributed by atoms with E-state index < -0.39 is 7.07 Å². The van der Waals surface area contributed by atoms with E-state index in [1.807, 2.05) is 6.66 Å². The molecule has 0 spiro atoms. The maximum absolute atomic E-state index is 5.40. The third-order valence-corrected chi connectivity index (χ3v) is 1.43. The monoisotopic (exact) mass is 111 g/mol. The zero-order chi connectivity index (χ0) is 4.28. The van der Waals surface area contributed by atoms with E-state index in [9.17, 15) is 0 Å². The number of halogens is 1. The Labute approximate surface area is 37.6 Å². The normalized spacial score (nSPS) is 15.8. The summed E-state index contributed by atoms with van der Waals surface area (Å²) in [5.41, 5.74) is 0. The van der Waals surface area contributed by atoms with E-state index in [4.69, 9.17) is 11.2 Å². The smallest absolute Gasteiger partial charge is 0.0400 e. The van der Waals surface area contributed by atoms with Crippen LogP contribution in [0.2, 0.25) is 0 Å². The first-order chi connectivity index (χ1) is 2.27. The molecule has 32 valence electrons. The molecule has 0 aromatic heterocycles. The fourth-order valence-electron chi connectivity index (χ4n) is 0. The highest BCUT2D eigenvalue weighted by molar-refractivity contribution is 7.75. The maximum atomic E-state index is 5.40. The lowest BCUT2D eigenvalue weighted by molar-refractivity contribution is 1.51. The topological polar surface area (TPSA) is 12.4 Å². The fraction of sp³-hybridized carbons (Fsp3) is 1.00. The van der Waals surface area contributed by atoms with E-state index in [-0.39, 0.29) is 0 Å². The van der Waals surface area contributed by atoms with Crippen molar-refractivity contribution in [2.75, 3.05) is 13.7 Å². The van der Waals surface area contributed by atoms with Gasteiger partial charge in [0.2, 0.25) is 0 Å². The Morgan fingerprint density at radius 2 is 2.00 bits per heavy atom. The van der Waals surface area contributed by atoms with Gasteiger partial charge in [-0.2, -0.15) is 0 Å². The summed E-state index contributed by atoms with van der Waals surface area (Å²) < 4.78 is 3.76. The van der Waals surface area contributed by atoms with Gasteiger partial charge >= 0.3 is 0 Å². The van der Waals surface area contributed by atoms with Crippen LogP contribution >= 0.6 is 18.3 Å². The number of nitrogens with zero attached hydrogens (tertiary/aromatic N) is 1. The fourth-order valence-corrected chi connectivity index (χ4v) is 0. The van der Waals surface area contributed by atoms with E-state index in [2.05, 4.69) is 4.74 Å². The molecule has 1 atom stereocenters. The Morgan fingerprint density at radius 3 is 2.00 bits per heavy atom. The van der Waals surface area contributed by atoms with E-state index >= 15 is 0 Å². The van der Waals surface area contributed by atoms with Crippen molar-refractivity contribution in [3.05, 3.63) is 0 Å². The van der Waals surface area contributed by atoms with Crippen LogP contribution in [0.4, 0.5) is 0 Å².